The van der Waals surface area contributed by atoms with Gasteiger partial charge in [-0.25, -0.2) is 9.07 Å². The summed E-state index contributed by atoms with van der Waals surface area (Å²) < 4.78 is 15.1. The molecule has 2 aliphatic carbocycles. The minimum atomic E-state index is -0.267. The minimum absolute atomic E-state index is 0.0136. The number of aromatic nitrogens is 2. The van der Waals surface area contributed by atoms with E-state index < -0.39 is 0 Å². The van der Waals surface area contributed by atoms with Gasteiger partial charge in [0, 0.05) is 24.4 Å². The SMILES string of the molecule is CCN(CCO)C(=O)[C@H]1CCC2=Cc3c(cnn3-c3ccc(F)cc3)C[C@@]21C. The monoisotopic (exact) mass is 383 g/mol. The molecule has 2 aromatic rings. The summed E-state index contributed by atoms with van der Waals surface area (Å²) in [6.07, 6.45) is 6.52. The van der Waals surface area contributed by atoms with E-state index in [0.29, 0.717) is 13.1 Å². The Morgan fingerprint density at radius 3 is 2.82 bits per heavy atom. The molecule has 1 amide bonds. The van der Waals surface area contributed by atoms with Crippen molar-refractivity contribution in [3.05, 3.63) is 53.1 Å². The lowest BCUT2D eigenvalue weighted by Crippen LogP contribution is -2.43. The van der Waals surface area contributed by atoms with Gasteiger partial charge in [-0.1, -0.05) is 12.5 Å². The molecule has 0 unspecified atom stereocenters. The number of aliphatic hydroxyl groups excluding tert-OH is 1. The molecule has 1 fully saturated rings. The van der Waals surface area contributed by atoms with Crippen molar-refractivity contribution in [1.82, 2.24) is 14.7 Å². The zero-order valence-electron chi connectivity index (χ0n) is 16.4. The first kappa shape index (κ1) is 18.9. The van der Waals surface area contributed by atoms with Gasteiger partial charge in [-0.15, -0.1) is 0 Å². The fourth-order valence-electron chi connectivity index (χ4n) is 4.79. The van der Waals surface area contributed by atoms with Gasteiger partial charge in [-0.2, -0.15) is 5.10 Å². The van der Waals surface area contributed by atoms with Gasteiger partial charge in [0.25, 0.3) is 0 Å². The number of aliphatic hydroxyl groups is 1. The number of halogens is 1. The second kappa shape index (κ2) is 7.17. The highest BCUT2D eigenvalue weighted by Gasteiger charge is 2.49. The molecule has 0 aliphatic heterocycles. The number of carbonyl (C=O) groups is 1. The Balaban J connectivity index is 1.66. The summed E-state index contributed by atoms with van der Waals surface area (Å²) in [5.74, 6) is -0.208. The van der Waals surface area contributed by atoms with E-state index in [1.165, 1.54) is 17.7 Å². The molecule has 0 spiro atoms. The van der Waals surface area contributed by atoms with Crippen LogP contribution in [-0.4, -0.2) is 45.4 Å². The third-order valence-corrected chi connectivity index (χ3v) is 6.39. The maximum atomic E-state index is 13.3. The summed E-state index contributed by atoms with van der Waals surface area (Å²) in [6.45, 7) is 5.11. The van der Waals surface area contributed by atoms with E-state index in [1.807, 2.05) is 17.8 Å². The molecule has 1 saturated carbocycles. The smallest absolute Gasteiger partial charge is 0.226 e. The third-order valence-electron chi connectivity index (χ3n) is 6.39. The van der Waals surface area contributed by atoms with Crippen molar-refractivity contribution < 1.29 is 14.3 Å². The van der Waals surface area contributed by atoms with E-state index in [1.54, 1.807) is 17.0 Å². The first-order valence-corrected chi connectivity index (χ1v) is 9.91. The Kier molecular flexibility index (Phi) is 4.83. The number of fused-ring (bicyclic) bond motifs is 2. The Labute approximate surface area is 164 Å². The van der Waals surface area contributed by atoms with Gasteiger partial charge >= 0.3 is 0 Å². The van der Waals surface area contributed by atoms with Crippen molar-refractivity contribution in [1.29, 1.82) is 0 Å². The number of nitrogens with zero attached hydrogens (tertiary/aromatic N) is 3. The summed E-state index contributed by atoms with van der Waals surface area (Å²) >= 11 is 0. The highest BCUT2D eigenvalue weighted by atomic mass is 19.1. The van der Waals surface area contributed by atoms with Crippen LogP contribution in [0.2, 0.25) is 0 Å². The second-order valence-corrected chi connectivity index (χ2v) is 7.94. The zero-order chi connectivity index (χ0) is 19.9. The van der Waals surface area contributed by atoms with Crippen LogP contribution in [-0.2, 0) is 11.2 Å². The Morgan fingerprint density at radius 1 is 1.39 bits per heavy atom. The predicted molar refractivity (Wildman–Crippen MR) is 105 cm³/mol. The molecule has 28 heavy (non-hydrogen) atoms. The lowest BCUT2D eigenvalue weighted by molar-refractivity contribution is -0.138. The van der Waals surface area contributed by atoms with Gasteiger partial charge in [-0.3, -0.25) is 4.79 Å². The van der Waals surface area contributed by atoms with Crippen LogP contribution in [0.1, 0.15) is 37.9 Å². The number of allylic oxidation sites excluding steroid dienone is 1. The van der Waals surface area contributed by atoms with Gasteiger partial charge in [0.15, 0.2) is 0 Å². The van der Waals surface area contributed by atoms with Crippen LogP contribution in [0, 0.1) is 17.2 Å². The normalized spacial score (nSPS) is 23.1. The molecular formula is C22H26FN3O2. The number of amides is 1. The number of carbonyl (C=O) groups excluding carboxylic acids is 1. The molecule has 4 rings (SSSR count). The van der Waals surface area contributed by atoms with Crippen LogP contribution < -0.4 is 0 Å². The Morgan fingerprint density at radius 2 is 2.14 bits per heavy atom. The fraction of sp³-hybridized carbons (Fsp3) is 0.455. The van der Waals surface area contributed by atoms with Crippen LogP contribution in [0.3, 0.4) is 0 Å². The molecule has 0 bridgehead atoms. The third kappa shape index (κ3) is 2.96. The number of hydrogen-bond acceptors (Lipinski definition) is 3. The van der Waals surface area contributed by atoms with Gasteiger partial charge < -0.3 is 10.0 Å². The largest absolute Gasteiger partial charge is 0.395 e. The quantitative estimate of drug-likeness (QED) is 0.863. The van der Waals surface area contributed by atoms with Crippen molar-refractivity contribution in [3.8, 4) is 5.69 Å². The average Bonchev–Trinajstić information content (AvgIpc) is 3.23. The molecule has 0 saturated heterocycles. The highest BCUT2D eigenvalue weighted by molar-refractivity contribution is 5.82. The first-order valence-electron chi connectivity index (χ1n) is 9.91. The van der Waals surface area contributed by atoms with Crippen molar-refractivity contribution in [3.63, 3.8) is 0 Å². The molecule has 6 heteroatoms. The number of likely N-dealkylation sites (N-methyl/N-ethyl adjacent to an activating group) is 1. The molecule has 148 valence electrons. The van der Waals surface area contributed by atoms with Crippen LogP contribution >= 0.6 is 0 Å². The Hall–Kier alpha value is -2.47. The van der Waals surface area contributed by atoms with Crippen LogP contribution in [0.4, 0.5) is 4.39 Å². The van der Waals surface area contributed by atoms with E-state index >= 15 is 0 Å². The molecule has 2 atom stereocenters. The summed E-state index contributed by atoms with van der Waals surface area (Å²) in [5, 5.41) is 13.8. The van der Waals surface area contributed by atoms with Crippen molar-refractivity contribution in [2.24, 2.45) is 11.3 Å². The lowest BCUT2D eigenvalue weighted by atomic mass is 9.69. The maximum absolute atomic E-state index is 13.3. The number of rotatable bonds is 5. The number of benzene rings is 1. The van der Waals surface area contributed by atoms with Crippen molar-refractivity contribution in [2.45, 2.75) is 33.1 Å². The van der Waals surface area contributed by atoms with E-state index in [2.05, 4.69) is 18.1 Å². The molecule has 1 heterocycles. The second-order valence-electron chi connectivity index (χ2n) is 7.94. The highest BCUT2D eigenvalue weighted by Crippen LogP contribution is 2.53. The predicted octanol–water partition coefficient (Wildman–Crippen LogP) is 3.21. The van der Waals surface area contributed by atoms with Crippen LogP contribution in [0.5, 0.6) is 0 Å². The molecule has 5 nitrogen and oxygen atoms in total. The van der Waals surface area contributed by atoms with E-state index in [4.69, 9.17) is 0 Å². The van der Waals surface area contributed by atoms with Crippen LogP contribution in [0.25, 0.3) is 11.8 Å². The molecule has 1 aromatic heterocycles. The van der Waals surface area contributed by atoms with Gasteiger partial charge in [-0.05, 0) is 62.1 Å². The maximum Gasteiger partial charge on any atom is 0.226 e. The lowest BCUT2D eigenvalue weighted by Gasteiger charge is -2.37. The van der Waals surface area contributed by atoms with Crippen LogP contribution in [0.15, 0.2) is 36.0 Å². The molecule has 0 radical (unpaired) electrons. The molecular weight excluding hydrogens is 357 g/mol. The standard InChI is InChI=1S/C22H26FN3O2/c1-3-25(10-11-27)21(28)19-9-4-16-12-20-15(13-22(16,19)2)14-24-26(20)18-7-5-17(23)6-8-18/h5-8,12,14,19,27H,3-4,9-11,13H2,1-2H3/t19-,22+/m1/s1. The Bertz CT molecular complexity index is 918. The van der Waals surface area contributed by atoms with Crippen molar-refractivity contribution in [2.75, 3.05) is 19.7 Å². The van der Waals surface area contributed by atoms with E-state index in [-0.39, 0.29) is 29.7 Å². The van der Waals surface area contributed by atoms with Gasteiger partial charge in [0.2, 0.25) is 5.91 Å². The first-order chi connectivity index (χ1) is 13.5. The van der Waals surface area contributed by atoms with Gasteiger partial charge in [0.1, 0.15) is 5.82 Å². The van der Waals surface area contributed by atoms with Gasteiger partial charge in [0.05, 0.1) is 24.2 Å². The molecule has 2 aliphatic rings. The van der Waals surface area contributed by atoms with E-state index in [9.17, 15) is 14.3 Å². The van der Waals surface area contributed by atoms with Crippen molar-refractivity contribution >= 4 is 12.0 Å². The fourth-order valence-corrected chi connectivity index (χ4v) is 4.79. The molecule has 1 aromatic carbocycles. The average molecular weight is 383 g/mol. The summed E-state index contributed by atoms with van der Waals surface area (Å²) in [4.78, 5) is 14.9. The molecule has 1 N–H and O–H groups in total. The van der Waals surface area contributed by atoms with E-state index in [0.717, 1.165) is 36.2 Å². The topological polar surface area (TPSA) is 58.4 Å². The number of hydrogen-bond donors (Lipinski definition) is 1. The summed E-state index contributed by atoms with van der Waals surface area (Å²) in [6, 6.07) is 6.33. The minimum Gasteiger partial charge on any atom is -0.395 e. The zero-order valence-corrected chi connectivity index (χ0v) is 16.4. The summed E-state index contributed by atoms with van der Waals surface area (Å²) in [7, 11) is 0. The summed E-state index contributed by atoms with van der Waals surface area (Å²) in [5.41, 5.74) is 4.02.